The van der Waals surface area contributed by atoms with Crippen LogP contribution >= 0.6 is 11.6 Å². The van der Waals surface area contributed by atoms with Gasteiger partial charge in [-0.15, -0.1) is 0 Å². The Morgan fingerprint density at radius 3 is 2.30 bits per heavy atom. The highest BCUT2D eigenvalue weighted by atomic mass is 35.5. The molecule has 4 rings (SSSR count). The van der Waals surface area contributed by atoms with Gasteiger partial charge in [0.1, 0.15) is 16.8 Å². The smallest absolute Gasteiger partial charge is 0.257 e. The predicted molar refractivity (Wildman–Crippen MR) is 101 cm³/mol. The summed E-state index contributed by atoms with van der Waals surface area (Å²) >= 11 is 6.18. The van der Waals surface area contributed by atoms with Gasteiger partial charge in [-0.1, -0.05) is 11.6 Å². The van der Waals surface area contributed by atoms with Gasteiger partial charge in [0.25, 0.3) is 5.91 Å². The van der Waals surface area contributed by atoms with E-state index >= 15 is 0 Å². The Bertz CT molecular complexity index is 1000. The standard InChI is InChI=1S/C20H16ClF2N3O/c21-19-17(11-13-1-2-15(23)12-18(13)24-19)20(27)26-9-7-25(8-10-26)16-5-3-14(22)4-6-16/h1-6,11-12H,7-10H2. The molecule has 0 N–H and O–H groups in total. The van der Waals surface area contributed by atoms with E-state index in [1.165, 1.54) is 24.3 Å². The number of benzene rings is 2. The number of hydrogen-bond donors (Lipinski definition) is 0. The lowest BCUT2D eigenvalue weighted by Gasteiger charge is -2.36. The summed E-state index contributed by atoms with van der Waals surface area (Å²) in [5.41, 5.74) is 1.65. The fraction of sp³-hybridized carbons (Fsp3) is 0.200. The lowest BCUT2D eigenvalue weighted by Crippen LogP contribution is -2.48. The van der Waals surface area contributed by atoms with Gasteiger partial charge in [0.2, 0.25) is 0 Å². The summed E-state index contributed by atoms with van der Waals surface area (Å²) in [6.45, 7) is 2.32. The maximum absolute atomic E-state index is 13.3. The van der Waals surface area contributed by atoms with Crippen molar-refractivity contribution in [3.63, 3.8) is 0 Å². The van der Waals surface area contributed by atoms with E-state index in [1.54, 1.807) is 29.2 Å². The minimum Gasteiger partial charge on any atom is -0.368 e. The van der Waals surface area contributed by atoms with E-state index in [0.717, 1.165) is 5.69 Å². The maximum Gasteiger partial charge on any atom is 0.257 e. The maximum atomic E-state index is 13.3. The highest BCUT2D eigenvalue weighted by Crippen LogP contribution is 2.24. The van der Waals surface area contributed by atoms with Gasteiger partial charge in [-0.25, -0.2) is 13.8 Å². The van der Waals surface area contributed by atoms with E-state index in [-0.39, 0.29) is 16.9 Å². The van der Waals surface area contributed by atoms with Gasteiger partial charge < -0.3 is 9.80 Å². The molecule has 2 aromatic carbocycles. The molecule has 0 spiro atoms. The molecule has 0 radical (unpaired) electrons. The summed E-state index contributed by atoms with van der Waals surface area (Å²) in [5.74, 6) is -0.870. The summed E-state index contributed by atoms with van der Waals surface area (Å²) in [5, 5.41) is 0.730. The fourth-order valence-corrected chi connectivity index (χ4v) is 3.48. The Labute approximate surface area is 160 Å². The van der Waals surface area contributed by atoms with Crippen molar-refractivity contribution in [2.75, 3.05) is 31.1 Å². The number of halogens is 3. The number of pyridine rings is 1. The molecule has 27 heavy (non-hydrogen) atoms. The lowest BCUT2D eigenvalue weighted by molar-refractivity contribution is 0.0747. The van der Waals surface area contributed by atoms with Crippen LogP contribution in [0.25, 0.3) is 10.9 Å². The first kappa shape index (κ1) is 17.7. The van der Waals surface area contributed by atoms with Crippen molar-refractivity contribution in [2.45, 2.75) is 0 Å². The van der Waals surface area contributed by atoms with Crippen LogP contribution in [0.1, 0.15) is 10.4 Å². The third-order valence-corrected chi connectivity index (χ3v) is 5.01. The van der Waals surface area contributed by atoms with Crippen LogP contribution in [0.15, 0.2) is 48.5 Å². The minimum absolute atomic E-state index is 0.0686. The minimum atomic E-state index is -0.401. The number of carbonyl (C=O) groups excluding carboxylic acids is 1. The van der Waals surface area contributed by atoms with Crippen LogP contribution in [-0.4, -0.2) is 42.0 Å². The highest BCUT2D eigenvalue weighted by Gasteiger charge is 2.24. The molecular weight excluding hydrogens is 372 g/mol. The first-order valence-corrected chi connectivity index (χ1v) is 8.95. The summed E-state index contributed by atoms with van der Waals surface area (Å²) in [6, 6.07) is 12.2. The van der Waals surface area contributed by atoms with Crippen molar-refractivity contribution >= 4 is 34.1 Å². The molecule has 1 aliphatic heterocycles. The zero-order valence-electron chi connectivity index (χ0n) is 14.3. The van der Waals surface area contributed by atoms with Gasteiger partial charge in [0.15, 0.2) is 0 Å². The average Bonchev–Trinajstić information content (AvgIpc) is 2.67. The van der Waals surface area contributed by atoms with E-state index in [1.807, 2.05) is 0 Å². The van der Waals surface area contributed by atoms with Crippen molar-refractivity contribution in [1.29, 1.82) is 0 Å². The topological polar surface area (TPSA) is 36.4 Å². The molecule has 0 unspecified atom stereocenters. The number of aromatic nitrogens is 1. The van der Waals surface area contributed by atoms with Crippen molar-refractivity contribution < 1.29 is 13.6 Å². The lowest BCUT2D eigenvalue weighted by atomic mass is 10.1. The van der Waals surface area contributed by atoms with E-state index < -0.39 is 5.82 Å². The number of fused-ring (bicyclic) bond motifs is 1. The SMILES string of the molecule is O=C(c1cc2ccc(F)cc2nc1Cl)N1CCN(c2ccc(F)cc2)CC1. The van der Waals surface area contributed by atoms with Gasteiger partial charge >= 0.3 is 0 Å². The number of amides is 1. The van der Waals surface area contributed by atoms with Crippen LogP contribution in [0.2, 0.25) is 5.15 Å². The molecule has 0 saturated carbocycles. The molecule has 1 amide bonds. The molecule has 0 atom stereocenters. The molecule has 1 aliphatic rings. The highest BCUT2D eigenvalue weighted by molar-refractivity contribution is 6.33. The average molecular weight is 388 g/mol. The summed E-state index contributed by atoms with van der Waals surface area (Å²) in [4.78, 5) is 20.9. The predicted octanol–water partition coefficient (Wildman–Crippen LogP) is 4.13. The van der Waals surface area contributed by atoms with E-state index in [0.29, 0.717) is 42.6 Å². The summed E-state index contributed by atoms with van der Waals surface area (Å²) < 4.78 is 26.4. The van der Waals surface area contributed by atoms with E-state index in [9.17, 15) is 13.6 Å². The first-order chi connectivity index (χ1) is 13.0. The molecule has 138 valence electrons. The normalized spacial score (nSPS) is 14.6. The van der Waals surface area contributed by atoms with Gasteiger partial charge in [-0.3, -0.25) is 4.79 Å². The molecule has 0 bridgehead atoms. The summed E-state index contributed by atoms with van der Waals surface area (Å²) in [7, 11) is 0. The number of hydrogen-bond acceptors (Lipinski definition) is 3. The van der Waals surface area contributed by atoms with Crippen molar-refractivity contribution in [1.82, 2.24) is 9.88 Å². The molecule has 0 aliphatic carbocycles. The molecule has 1 fully saturated rings. The van der Waals surface area contributed by atoms with Crippen molar-refractivity contribution in [2.24, 2.45) is 0 Å². The van der Waals surface area contributed by atoms with Crippen LogP contribution < -0.4 is 4.90 Å². The zero-order valence-corrected chi connectivity index (χ0v) is 15.1. The number of rotatable bonds is 2. The monoisotopic (exact) mass is 387 g/mol. The van der Waals surface area contributed by atoms with Gasteiger partial charge in [0, 0.05) is 43.3 Å². The number of carbonyl (C=O) groups is 1. The molecule has 3 aromatic rings. The van der Waals surface area contributed by atoms with Crippen LogP contribution in [0, 0.1) is 11.6 Å². The zero-order chi connectivity index (χ0) is 19.0. The van der Waals surface area contributed by atoms with Gasteiger partial charge in [0.05, 0.1) is 11.1 Å². The molecule has 7 heteroatoms. The van der Waals surface area contributed by atoms with E-state index in [2.05, 4.69) is 9.88 Å². The molecule has 4 nitrogen and oxygen atoms in total. The number of anilines is 1. The molecule has 1 aromatic heterocycles. The van der Waals surface area contributed by atoms with Crippen LogP contribution in [0.4, 0.5) is 14.5 Å². The Morgan fingerprint density at radius 1 is 0.926 bits per heavy atom. The van der Waals surface area contributed by atoms with Crippen molar-refractivity contribution in [3.8, 4) is 0 Å². The third-order valence-electron chi connectivity index (χ3n) is 4.72. The van der Waals surface area contributed by atoms with Crippen LogP contribution in [0.5, 0.6) is 0 Å². The quantitative estimate of drug-likeness (QED) is 0.620. The van der Waals surface area contributed by atoms with Gasteiger partial charge in [-0.2, -0.15) is 0 Å². The second-order valence-electron chi connectivity index (χ2n) is 6.42. The third kappa shape index (κ3) is 3.57. The fourth-order valence-electron chi connectivity index (χ4n) is 3.26. The Morgan fingerprint density at radius 2 is 1.59 bits per heavy atom. The Balaban J connectivity index is 1.51. The van der Waals surface area contributed by atoms with Crippen LogP contribution in [-0.2, 0) is 0 Å². The van der Waals surface area contributed by atoms with Gasteiger partial charge in [-0.05, 0) is 42.5 Å². The molecule has 2 heterocycles. The number of nitrogens with zero attached hydrogens (tertiary/aromatic N) is 3. The second-order valence-corrected chi connectivity index (χ2v) is 6.78. The van der Waals surface area contributed by atoms with Crippen LogP contribution in [0.3, 0.4) is 0 Å². The molecule has 1 saturated heterocycles. The summed E-state index contributed by atoms with van der Waals surface area (Å²) in [6.07, 6.45) is 0. The van der Waals surface area contributed by atoms with E-state index in [4.69, 9.17) is 11.6 Å². The largest absolute Gasteiger partial charge is 0.368 e. The Kier molecular flexibility index (Phi) is 4.66. The van der Waals surface area contributed by atoms with Crippen molar-refractivity contribution in [3.05, 3.63) is 70.9 Å². The first-order valence-electron chi connectivity index (χ1n) is 8.57. The molecular formula is C20H16ClF2N3O. The Hall–Kier alpha value is -2.73. The second kappa shape index (κ2) is 7.12. The number of piperazine rings is 1.